The molecule has 1 aliphatic heterocycles. The summed E-state index contributed by atoms with van der Waals surface area (Å²) in [4.78, 5) is 43.3. The summed E-state index contributed by atoms with van der Waals surface area (Å²) in [6.45, 7) is 12.3. The van der Waals surface area contributed by atoms with Crippen LogP contribution >= 0.6 is 0 Å². The van der Waals surface area contributed by atoms with Gasteiger partial charge in [-0.3, -0.25) is 4.79 Å². The van der Waals surface area contributed by atoms with E-state index in [0.717, 1.165) is 11.3 Å². The third-order valence-corrected chi connectivity index (χ3v) is 5.89. The van der Waals surface area contributed by atoms with Crippen LogP contribution in [0.25, 0.3) is 0 Å². The second-order valence-corrected chi connectivity index (χ2v) is 10.8. The van der Waals surface area contributed by atoms with Crippen LogP contribution in [0.1, 0.15) is 40.2 Å². The third-order valence-electron chi connectivity index (χ3n) is 5.89. The first-order valence-corrected chi connectivity index (χ1v) is 12.9. The Bertz CT molecular complexity index is 1090. The molecule has 206 valence electrons. The first-order chi connectivity index (χ1) is 17.9. The highest BCUT2D eigenvalue weighted by Crippen LogP contribution is 2.20. The molecule has 2 aromatic carbocycles. The van der Waals surface area contributed by atoms with E-state index in [4.69, 9.17) is 0 Å². The predicted molar refractivity (Wildman–Crippen MR) is 148 cm³/mol. The minimum atomic E-state index is -0.370. The number of carbonyl (C=O) groups is 3. The summed E-state index contributed by atoms with van der Waals surface area (Å²) in [5.74, 6) is -0.696. The van der Waals surface area contributed by atoms with Gasteiger partial charge in [0.2, 0.25) is 5.91 Å². The highest BCUT2D eigenvalue weighted by Gasteiger charge is 2.24. The van der Waals surface area contributed by atoms with Gasteiger partial charge in [-0.15, -0.1) is 0 Å². The van der Waals surface area contributed by atoms with Crippen LogP contribution in [0.2, 0.25) is 0 Å². The average Bonchev–Trinajstić information content (AvgIpc) is 2.84. The molecule has 0 saturated carbocycles. The number of piperazine rings is 1. The Morgan fingerprint density at radius 3 is 2.11 bits per heavy atom. The van der Waals surface area contributed by atoms with Gasteiger partial charge in [0.05, 0.1) is 0 Å². The number of rotatable bonds is 7. The molecule has 0 spiro atoms. The summed E-state index contributed by atoms with van der Waals surface area (Å²) in [5, 5.41) is 8.66. The summed E-state index contributed by atoms with van der Waals surface area (Å²) in [6.07, 6.45) is 0. The molecular weight excluding hydrogens is 487 g/mol. The lowest BCUT2D eigenvalue weighted by Gasteiger charge is -2.37. The van der Waals surface area contributed by atoms with Crippen LogP contribution in [0.3, 0.4) is 0 Å². The van der Waals surface area contributed by atoms with Crippen molar-refractivity contribution in [3.8, 4) is 0 Å². The molecule has 0 atom stereocenters. The highest BCUT2D eigenvalue weighted by molar-refractivity contribution is 5.94. The minimum Gasteiger partial charge on any atom is -0.368 e. The molecule has 5 amide bonds. The van der Waals surface area contributed by atoms with Gasteiger partial charge < -0.3 is 30.7 Å². The van der Waals surface area contributed by atoms with Gasteiger partial charge in [0.25, 0.3) is 0 Å². The molecule has 1 saturated heterocycles. The largest absolute Gasteiger partial charge is 0.368 e. The molecule has 0 aliphatic carbocycles. The summed E-state index contributed by atoms with van der Waals surface area (Å²) >= 11 is 0. The maximum absolute atomic E-state index is 13.3. The van der Waals surface area contributed by atoms with E-state index < -0.39 is 0 Å². The number of urea groups is 2. The fourth-order valence-corrected chi connectivity index (χ4v) is 4.04. The number of nitrogens with zero attached hydrogens (tertiary/aromatic N) is 3. The van der Waals surface area contributed by atoms with Crippen LogP contribution in [0.15, 0.2) is 48.5 Å². The number of hydrogen-bond acceptors (Lipinski definition) is 4. The monoisotopic (exact) mass is 526 g/mol. The normalized spacial score (nSPS) is 13.8. The van der Waals surface area contributed by atoms with Crippen LogP contribution < -0.4 is 20.9 Å². The van der Waals surface area contributed by atoms with Gasteiger partial charge >= 0.3 is 12.1 Å². The predicted octanol–water partition coefficient (Wildman–Crippen LogP) is 4.01. The lowest BCUT2D eigenvalue weighted by atomic mass is 10.1. The summed E-state index contributed by atoms with van der Waals surface area (Å²) in [5.41, 5.74) is 2.07. The van der Waals surface area contributed by atoms with Crippen molar-refractivity contribution in [3.63, 3.8) is 0 Å². The van der Waals surface area contributed by atoms with Crippen molar-refractivity contribution in [3.05, 3.63) is 59.9 Å². The van der Waals surface area contributed by atoms with Gasteiger partial charge in [0, 0.05) is 55.7 Å². The zero-order valence-electron chi connectivity index (χ0n) is 22.9. The van der Waals surface area contributed by atoms with Crippen LogP contribution in [-0.4, -0.2) is 72.1 Å². The molecule has 0 aromatic heterocycles. The first kappa shape index (κ1) is 28.7. The van der Waals surface area contributed by atoms with Crippen LogP contribution in [0.5, 0.6) is 0 Å². The van der Waals surface area contributed by atoms with E-state index in [-0.39, 0.29) is 48.5 Å². The summed E-state index contributed by atoms with van der Waals surface area (Å²) in [6, 6.07) is 12.8. The van der Waals surface area contributed by atoms with E-state index >= 15 is 0 Å². The van der Waals surface area contributed by atoms with Crippen molar-refractivity contribution in [1.82, 2.24) is 20.4 Å². The molecule has 9 nitrogen and oxygen atoms in total. The molecule has 38 heavy (non-hydrogen) atoms. The van der Waals surface area contributed by atoms with Crippen molar-refractivity contribution >= 4 is 29.3 Å². The van der Waals surface area contributed by atoms with Gasteiger partial charge in [0.15, 0.2) is 0 Å². The quantitative estimate of drug-likeness (QED) is 0.508. The van der Waals surface area contributed by atoms with Crippen LogP contribution in [-0.2, 0) is 11.3 Å². The number of halogens is 1. The molecule has 1 aliphatic rings. The Morgan fingerprint density at radius 2 is 1.55 bits per heavy atom. The van der Waals surface area contributed by atoms with Crippen molar-refractivity contribution in [2.45, 2.75) is 52.7 Å². The molecular formula is C28H39FN6O3. The SMILES string of the molecule is CC(C)NC(=O)N(CC(=O)Nc1ccc(N2CCN(C(=O)NC(C)(C)C)CC2)cc1)Cc1ccc(F)cc1. The Kier molecular flexibility index (Phi) is 9.55. The molecule has 2 aromatic rings. The second kappa shape index (κ2) is 12.6. The number of anilines is 2. The average molecular weight is 527 g/mol. The van der Waals surface area contributed by atoms with Gasteiger partial charge in [-0.2, -0.15) is 0 Å². The Labute approximate surface area is 224 Å². The van der Waals surface area contributed by atoms with Gasteiger partial charge in [-0.1, -0.05) is 12.1 Å². The van der Waals surface area contributed by atoms with E-state index in [2.05, 4.69) is 20.9 Å². The lowest BCUT2D eigenvalue weighted by Crippen LogP contribution is -2.55. The van der Waals surface area contributed by atoms with E-state index in [1.807, 2.05) is 63.8 Å². The summed E-state index contributed by atoms with van der Waals surface area (Å²) in [7, 11) is 0. The van der Waals surface area contributed by atoms with E-state index in [0.29, 0.717) is 31.9 Å². The molecule has 10 heteroatoms. The zero-order chi connectivity index (χ0) is 27.9. The standard InChI is InChI=1S/C28H39FN6O3/c1-20(2)30-26(37)35(18-21-6-8-22(29)9-7-21)19-25(36)31-23-10-12-24(13-11-23)33-14-16-34(17-15-33)27(38)32-28(3,4)5/h6-13,20H,14-19H2,1-5H3,(H,30,37)(H,31,36)(H,32,38). The van der Waals surface area contributed by atoms with Crippen molar-refractivity contribution in [1.29, 1.82) is 0 Å². The van der Waals surface area contributed by atoms with Gasteiger partial charge in [-0.25, -0.2) is 14.0 Å². The number of amides is 5. The lowest BCUT2D eigenvalue weighted by molar-refractivity contribution is -0.116. The number of hydrogen-bond donors (Lipinski definition) is 3. The molecule has 1 fully saturated rings. The maximum atomic E-state index is 13.3. The fraction of sp³-hybridized carbons (Fsp3) is 0.464. The number of benzene rings is 2. The number of carbonyl (C=O) groups excluding carboxylic acids is 3. The van der Waals surface area contributed by atoms with Crippen molar-refractivity contribution in [2.24, 2.45) is 0 Å². The molecule has 0 radical (unpaired) electrons. The smallest absolute Gasteiger partial charge is 0.318 e. The minimum absolute atomic E-state index is 0.0502. The zero-order valence-corrected chi connectivity index (χ0v) is 22.9. The maximum Gasteiger partial charge on any atom is 0.318 e. The third kappa shape index (κ3) is 8.93. The fourth-order valence-electron chi connectivity index (χ4n) is 4.04. The molecule has 3 rings (SSSR count). The van der Waals surface area contributed by atoms with Gasteiger partial charge in [-0.05, 0) is 76.6 Å². The Hall–Kier alpha value is -3.82. The van der Waals surface area contributed by atoms with Crippen molar-refractivity contribution in [2.75, 3.05) is 42.9 Å². The van der Waals surface area contributed by atoms with Crippen molar-refractivity contribution < 1.29 is 18.8 Å². The molecule has 1 heterocycles. The van der Waals surface area contributed by atoms with E-state index in [9.17, 15) is 18.8 Å². The first-order valence-electron chi connectivity index (χ1n) is 12.9. The Balaban J connectivity index is 1.55. The number of nitrogens with one attached hydrogen (secondary N) is 3. The molecule has 3 N–H and O–H groups in total. The van der Waals surface area contributed by atoms with E-state index in [1.165, 1.54) is 17.0 Å². The Morgan fingerprint density at radius 1 is 0.947 bits per heavy atom. The molecule has 0 bridgehead atoms. The van der Waals surface area contributed by atoms with Gasteiger partial charge in [0.1, 0.15) is 12.4 Å². The van der Waals surface area contributed by atoms with Crippen LogP contribution in [0.4, 0.5) is 25.4 Å². The van der Waals surface area contributed by atoms with E-state index in [1.54, 1.807) is 12.1 Å². The highest BCUT2D eigenvalue weighted by atomic mass is 19.1. The summed E-state index contributed by atoms with van der Waals surface area (Å²) < 4.78 is 13.3. The topological polar surface area (TPSA) is 97.0 Å². The second-order valence-electron chi connectivity index (χ2n) is 10.8. The molecule has 0 unspecified atom stereocenters. The van der Waals surface area contributed by atoms with Crippen LogP contribution in [0, 0.1) is 5.82 Å².